The van der Waals surface area contributed by atoms with Crippen LogP contribution in [0.15, 0.2) is 34.8 Å². The number of hydrogen-bond donors (Lipinski definition) is 2. The van der Waals surface area contributed by atoms with Gasteiger partial charge in [-0.3, -0.25) is 4.68 Å². The highest BCUT2D eigenvalue weighted by Gasteiger charge is 2.15. The normalized spacial score (nSPS) is 11.8. The van der Waals surface area contributed by atoms with Gasteiger partial charge < -0.3 is 5.11 Å². The van der Waals surface area contributed by atoms with Crippen molar-refractivity contribution in [1.82, 2.24) is 14.5 Å². The number of nitrogens with zero attached hydrogens (tertiary/aromatic N) is 2. The second kappa shape index (κ2) is 6.98. The summed E-state index contributed by atoms with van der Waals surface area (Å²) in [5.74, 6) is 0. The van der Waals surface area contributed by atoms with Gasteiger partial charge in [0.2, 0.25) is 10.0 Å². The van der Waals surface area contributed by atoms with Crippen LogP contribution in [0.5, 0.6) is 0 Å². The summed E-state index contributed by atoms with van der Waals surface area (Å²) in [5, 5.41) is 14.7. The average Bonchev–Trinajstić information content (AvgIpc) is 3.07. The lowest BCUT2D eigenvalue weighted by Crippen LogP contribution is -2.25. The lowest BCUT2D eigenvalue weighted by atomic mass is 10.3. The van der Waals surface area contributed by atoms with Crippen LogP contribution in [0.3, 0.4) is 0 Å². The zero-order valence-electron chi connectivity index (χ0n) is 10.9. The fourth-order valence-corrected chi connectivity index (χ4v) is 3.38. The summed E-state index contributed by atoms with van der Waals surface area (Å²) in [6.45, 7) is 0.924. The van der Waals surface area contributed by atoms with Crippen molar-refractivity contribution < 1.29 is 13.5 Å². The molecular weight excluding hydrogens is 298 g/mol. The van der Waals surface area contributed by atoms with Crippen molar-refractivity contribution in [3.63, 3.8) is 0 Å². The summed E-state index contributed by atoms with van der Waals surface area (Å²) < 4.78 is 28.2. The van der Waals surface area contributed by atoms with Crippen LogP contribution in [0.2, 0.25) is 0 Å². The highest BCUT2D eigenvalue weighted by molar-refractivity contribution is 7.89. The Morgan fingerprint density at radius 1 is 1.45 bits per heavy atom. The first-order chi connectivity index (χ1) is 9.62. The standard InChI is InChI=1S/C12H17N3O3S2/c16-7-2-6-15-10-12(9-13-15)20(17,18)14-5-4-11-3-1-8-19-11/h1,3,8-10,14,16H,2,4-7H2. The van der Waals surface area contributed by atoms with E-state index in [0.29, 0.717) is 25.9 Å². The van der Waals surface area contributed by atoms with Gasteiger partial charge in [0, 0.05) is 30.8 Å². The smallest absolute Gasteiger partial charge is 0.243 e. The maximum absolute atomic E-state index is 12.0. The third-order valence-corrected chi connectivity index (χ3v) is 5.06. The molecule has 0 amide bonds. The Labute approximate surface area is 122 Å². The molecule has 6 nitrogen and oxygen atoms in total. The van der Waals surface area contributed by atoms with E-state index in [4.69, 9.17) is 5.11 Å². The first-order valence-corrected chi connectivity index (χ1v) is 8.63. The highest BCUT2D eigenvalue weighted by atomic mass is 32.2. The van der Waals surface area contributed by atoms with E-state index in [1.54, 1.807) is 11.3 Å². The van der Waals surface area contributed by atoms with E-state index in [-0.39, 0.29) is 11.5 Å². The summed E-state index contributed by atoms with van der Waals surface area (Å²) in [7, 11) is -3.51. The maximum Gasteiger partial charge on any atom is 0.243 e. The number of aliphatic hydroxyl groups excluding tert-OH is 1. The number of sulfonamides is 1. The quantitative estimate of drug-likeness (QED) is 0.756. The third kappa shape index (κ3) is 4.14. The van der Waals surface area contributed by atoms with E-state index in [9.17, 15) is 8.42 Å². The van der Waals surface area contributed by atoms with Crippen molar-refractivity contribution in [2.75, 3.05) is 13.2 Å². The lowest BCUT2D eigenvalue weighted by Gasteiger charge is -2.03. The van der Waals surface area contributed by atoms with Gasteiger partial charge >= 0.3 is 0 Å². The molecule has 0 bridgehead atoms. The van der Waals surface area contributed by atoms with Crippen molar-refractivity contribution >= 4 is 21.4 Å². The highest BCUT2D eigenvalue weighted by Crippen LogP contribution is 2.10. The second-order valence-corrected chi connectivity index (χ2v) is 7.04. The zero-order chi connectivity index (χ0) is 14.4. The average molecular weight is 315 g/mol. The molecule has 0 saturated heterocycles. The van der Waals surface area contributed by atoms with E-state index >= 15 is 0 Å². The minimum atomic E-state index is -3.51. The maximum atomic E-state index is 12.0. The van der Waals surface area contributed by atoms with Crippen molar-refractivity contribution in [3.8, 4) is 0 Å². The van der Waals surface area contributed by atoms with Crippen molar-refractivity contribution in [3.05, 3.63) is 34.8 Å². The number of aliphatic hydroxyl groups is 1. The summed E-state index contributed by atoms with van der Waals surface area (Å²) in [4.78, 5) is 1.30. The van der Waals surface area contributed by atoms with Gasteiger partial charge in [-0.15, -0.1) is 11.3 Å². The van der Waals surface area contributed by atoms with Gasteiger partial charge in [0.1, 0.15) is 4.90 Å². The number of aryl methyl sites for hydroxylation is 1. The number of hydrogen-bond acceptors (Lipinski definition) is 5. The SMILES string of the molecule is O=S(=O)(NCCc1cccs1)c1cnn(CCCO)c1. The fourth-order valence-electron chi connectivity index (χ4n) is 1.69. The van der Waals surface area contributed by atoms with Gasteiger partial charge in [0.05, 0.1) is 6.20 Å². The summed E-state index contributed by atoms with van der Waals surface area (Å²) in [5.41, 5.74) is 0. The Hall–Kier alpha value is -1.22. The topological polar surface area (TPSA) is 84.2 Å². The Bertz CT molecular complexity index is 620. The molecule has 8 heteroatoms. The zero-order valence-corrected chi connectivity index (χ0v) is 12.5. The molecule has 0 unspecified atom stereocenters. The number of rotatable bonds is 8. The molecule has 20 heavy (non-hydrogen) atoms. The van der Waals surface area contributed by atoms with E-state index in [0.717, 1.165) is 4.88 Å². The molecule has 2 aromatic rings. The van der Waals surface area contributed by atoms with Crippen LogP contribution in [-0.4, -0.2) is 36.5 Å². The summed E-state index contributed by atoms with van der Waals surface area (Å²) in [6, 6.07) is 3.92. The molecule has 0 aliphatic rings. The first-order valence-electron chi connectivity index (χ1n) is 6.27. The predicted octanol–water partition coefficient (Wildman–Crippen LogP) is 0.848. The monoisotopic (exact) mass is 315 g/mol. The number of nitrogens with one attached hydrogen (secondary N) is 1. The number of aromatic nitrogens is 2. The van der Waals surface area contributed by atoms with Crippen LogP contribution in [0.25, 0.3) is 0 Å². The Kier molecular flexibility index (Phi) is 5.30. The van der Waals surface area contributed by atoms with Crippen LogP contribution in [0.4, 0.5) is 0 Å². The van der Waals surface area contributed by atoms with Gasteiger partial charge in [0.25, 0.3) is 0 Å². The molecule has 0 aliphatic carbocycles. The molecule has 0 saturated carbocycles. The van der Waals surface area contributed by atoms with Crippen LogP contribution in [-0.2, 0) is 23.0 Å². The van der Waals surface area contributed by atoms with Crippen molar-refractivity contribution in [1.29, 1.82) is 0 Å². The van der Waals surface area contributed by atoms with Crippen molar-refractivity contribution in [2.24, 2.45) is 0 Å². The van der Waals surface area contributed by atoms with Crippen LogP contribution < -0.4 is 4.72 Å². The number of thiophene rings is 1. The Morgan fingerprint density at radius 3 is 3.00 bits per heavy atom. The second-order valence-electron chi connectivity index (χ2n) is 4.24. The fraction of sp³-hybridized carbons (Fsp3) is 0.417. The van der Waals surface area contributed by atoms with Gasteiger partial charge in [-0.1, -0.05) is 6.07 Å². The molecule has 2 aromatic heterocycles. The third-order valence-electron chi connectivity index (χ3n) is 2.71. The summed E-state index contributed by atoms with van der Waals surface area (Å²) >= 11 is 1.61. The first kappa shape index (κ1) is 15.2. The van der Waals surface area contributed by atoms with E-state index < -0.39 is 10.0 Å². The van der Waals surface area contributed by atoms with Gasteiger partial charge in [-0.25, -0.2) is 13.1 Å². The molecule has 0 fully saturated rings. The molecule has 2 N–H and O–H groups in total. The molecule has 0 aliphatic heterocycles. The minimum absolute atomic E-state index is 0.0566. The molecule has 2 rings (SSSR count). The molecule has 110 valence electrons. The Morgan fingerprint density at radius 2 is 2.30 bits per heavy atom. The van der Waals surface area contributed by atoms with E-state index in [1.807, 2.05) is 17.5 Å². The molecule has 0 atom stereocenters. The van der Waals surface area contributed by atoms with Crippen LogP contribution in [0, 0.1) is 0 Å². The Balaban J connectivity index is 1.90. The lowest BCUT2D eigenvalue weighted by molar-refractivity contribution is 0.277. The molecule has 0 radical (unpaired) electrons. The molecule has 2 heterocycles. The molecular formula is C12H17N3O3S2. The largest absolute Gasteiger partial charge is 0.396 e. The van der Waals surface area contributed by atoms with E-state index in [1.165, 1.54) is 17.1 Å². The van der Waals surface area contributed by atoms with Gasteiger partial charge in [-0.05, 0) is 24.3 Å². The van der Waals surface area contributed by atoms with E-state index in [2.05, 4.69) is 9.82 Å². The summed E-state index contributed by atoms with van der Waals surface area (Å²) in [6.07, 6.45) is 4.02. The van der Waals surface area contributed by atoms with Crippen molar-refractivity contribution in [2.45, 2.75) is 24.3 Å². The van der Waals surface area contributed by atoms with Gasteiger partial charge in [-0.2, -0.15) is 5.10 Å². The molecule has 0 spiro atoms. The minimum Gasteiger partial charge on any atom is -0.396 e. The van der Waals surface area contributed by atoms with Crippen LogP contribution in [0.1, 0.15) is 11.3 Å². The molecule has 0 aromatic carbocycles. The van der Waals surface area contributed by atoms with Gasteiger partial charge in [0.15, 0.2) is 0 Å². The predicted molar refractivity (Wildman–Crippen MR) is 77.1 cm³/mol. The van der Waals surface area contributed by atoms with Crippen LogP contribution >= 0.6 is 11.3 Å².